The molecule has 0 saturated carbocycles. The summed E-state index contributed by atoms with van der Waals surface area (Å²) in [6, 6.07) is 13.3. The van der Waals surface area contributed by atoms with Crippen molar-refractivity contribution in [1.82, 2.24) is 14.5 Å². The molecule has 0 N–H and O–H groups in total. The lowest BCUT2D eigenvalue weighted by Crippen LogP contribution is -2.31. The molecule has 4 rings (SSSR count). The quantitative estimate of drug-likeness (QED) is 0.242. The second-order valence-corrected chi connectivity index (χ2v) is 8.97. The molecule has 0 aliphatic carbocycles. The molecule has 1 aromatic heterocycles. The van der Waals surface area contributed by atoms with Gasteiger partial charge in [0, 0.05) is 35.5 Å². The number of rotatable bonds is 9. The summed E-state index contributed by atoms with van der Waals surface area (Å²) < 4.78 is 8.40. The van der Waals surface area contributed by atoms with Crippen LogP contribution in [0.2, 0.25) is 0 Å². The fourth-order valence-electron chi connectivity index (χ4n) is 4.01. The van der Waals surface area contributed by atoms with E-state index in [1.54, 1.807) is 36.8 Å². The molecule has 3 aromatic rings. The number of nitrogens with zero attached hydrogens (tertiary/aromatic N) is 3. The average Bonchev–Trinajstić information content (AvgIpc) is 3.45. The first-order chi connectivity index (χ1) is 16.5. The number of ketones is 1. The van der Waals surface area contributed by atoms with E-state index < -0.39 is 23.5 Å². The Labute approximate surface area is 206 Å². The highest BCUT2D eigenvalue weighted by Gasteiger charge is 2.43. The van der Waals surface area contributed by atoms with Crippen LogP contribution < -0.4 is 9.84 Å². The van der Waals surface area contributed by atoms with E-state index in [1.165, 1.54) is 4.90 Å². The summed E-state index contributed by atoms with van der Waals surface area (Å²) in [7, 11) is 0. The highest BCUT2D eigenvalue weighted by atomic mass is 79.9. The molecule has 2 heterocycles. The molecule has 176 valence electrons. The monoisotopic (exact) mass is 522 g/mol. The highest BCUT2D eigenvalue weighted by Crippen LogP contribution is 2.39. The number of Topliss-reactive ketones (excluding diaryl/α,β-unsaturated/α-hetero) is 1. The largest absolute Gasteiger partial charge is 0.872 e. The number of aryl methyl sites for hydroxylation is 1. The molecule has 2 aromatic carbocycles. The lowest BCUT2D eigenvalue weighted by atomic mass is 9.95. The number of carbonyl (C=O) groups is 2. The third-order valence-corrected chi connectivity index (χ3v) is 6.21. The van der Waals surface area contributed by atoms with Gasteiger partial charge < -0.3 is 19.3 Å². The second-order valence-electron chi connectivity index (χ2n) is 8.05. The Kier molecular flexibility index (Phi) is 7.47. The summed E-state index contributed by atoms with van der Waals surface area (Å²) in [4.78, 5) is 31.7. The third-order valence-electron chi connectivity index (χ3n) is 5.68. The van der Waals surface area contributed by atoms with E-state index in [-0.39, 0.29) is 5.57 Å². The van der Waals surface area contributed by atoms with Gasteiger partial charge in [0.05, 0.1) is 19.0 Å². The second kappa shape index (κ2) is 10.7. The maximum Gasteiger partial charge on any atom is 0.295 e. The minimum atomic E-state index is -0.751. The number of imidazole rings is 1. The fourth-order valence-corrected chi connectivity index (χ4v) is 4.28. The molecule has 0 radical (unpaired) electrons. The summed E-state index contributed by atoms with van der Waals surface area (Å²) in [5, 5.41) is 13.4. The maximum absolute atomic E-state index is 13.4. The minimum Gasteiger partial charge on any atom is -0.872 e. The van der Waals surface area contributed by atoms with Crippen LogP contribution >= 0.6 is 15.9 Å². The third kappa shape index (κ3) is 5.07. The van der Waals surface area contributed by atoms with Crippen LogP contribution in [0.4, 0.5) is 0 Å². The van der Waals surface area contributed by atoms with Gasteiger partial charge in [0.1, 0.15) is 5.75 Å². The predicted molar refractivity (Wildman–Crippen MR) is 130 cm³/mol. The molecule has 7 nitrogen and oxygen atoms in total. The number of benzene rings is 2. The van der Waals surface area contributed by atoms with Crippen LogP contribution in [-0.4, -0.2) is 39.3 Å². The molecule has 1 amide bonds. The van der Waals surface area contributed by atoms with Gasteiger partial charge in [-0.15, -0.1) is 0 Å². The standard InChI is InChI=1S/C26H26BrN3O4/c1-2-16-34-21-10-6-18(7-11-21)23-22(24(31)19-4-8-20(27)9-5-19)25(32)26(33)30(23)14-3-13-29-15-12-28-17-29/h4-12,15,17,23,31H,2-3,13-14,16H2,1H3/p-1. The molecule has 1 aliphatic rings. The lowest BCUT2D eigenvalue weighted by molar-refractivity contribution is -0.245. The van der Waals surface area contributed by atoms with Gasteiger partial charge in [-0.2, -0.15) is 0 Å². The zero-order valence-corrected chi connectivity index (χ0v) is 20.4. The van der Waals surface area contributed by atoms with Crippen molar-refractivity contribution in [3.63, 3.8) is 0 Å². The predicted octanol–water partition coefficient (Wildman–Crippen LogP) is 3.75. The van der Waals surface area contributed by atoms with Crippen molar-refractivity contribution in [3.8, 4) is 5.75 Å². The topological polar surface area (TPSA) is 87.5 Å². The van der Waals surface area contributed by atoms with Gasteiger partial charge in [0.2, 0.25) is 5.78 Å². The van der Waals surface area contributed by atoms with Gasteiger partial charge in [-0.25, -0.2) is 4.98 Å². The Hall–Kier alpha value is -3.39. The van der Waals surface area contributed by atoms with Crippen molar-refractivity contribution in [2.45, 2.75) is 32.4 Å². The Balaban J connectivity index is 1.69. The van der Waals surface area contributed by atoms with Gasteiger partial charge >= 0.3 is 0 Å². The first-order valence-electron chi connectivity index (χ1n) is 11.2. The van der Waals surface area contributed by atoms with Crippen LogP contribution in [0.1, 0.15) is 36.9 Å². The number of aromatic nitrogens is 2. The SMILES string of the molecule is CCCOc1ccc(C2C(=C([O-])c3ccc(Br)cc3)C(=O)C(=O)N2CCCn2ccnc2)cc1. The molecule has 1 aliphatic heterocycles. The smallest absolute Gasteiger partial charge is 0.295 e. The van der Waals surface area contributed by atoms with E-state index in [1.807, 2.05) is 42.0 Å². The minimum absolute atomic E-state index is 0.0165. The van der Waals surface area contributed by atoms with Crippen LogP contribution in [0, 0.1) is 0 Å². The van der Waals surface area contributed by atoms with Crippen LogP contribution in [0.3, 0.4) is 0 Å². The number of hydrogen-bond donors (Lipinski definition) is 0. The van der Waals surface area contributed by atoms with Crippen LogP contribution in [0.25, 0.3) is 5.76 Å². The number of amides is 1. The van der Waals surface area contributed by atoms with Crippen molar-refractivity contribution in [2.24, 2.45) is 0 Å². The normalized spacial score (nSPS) is 17.4. The molecule has 1 unspecified atom stereocenters. The Morgan fingerprint density at radius 3 is 2.47 bits per heavy atom. The first kappa shape index (κ1) is 23.8. The van der Waals surface area contributed by atoms with E-state index in [0.717, 1.165) is 10.9 Å². The average molecular weight is 523 g/mol. The van der Waals surface area contributed by atoms with Gasteiger partial charge in [0.15, 0.2) is 0 Å². The van der Waals surface area contributed by atoms with Gasteiger partial charge in [-0.1, -0.05) is 52.9 Å². The summed E-state index contributed by atoms with van der Waals surface area (Å²) in [5.41, 5.74) is 1.05. The summed E-state index contributed by atoms with van der Waals surface area (Å²) >= 11 is 3.36. The van der Waals surface area contributed by atoms with E-state index in [0.29, 0.717) is 43.0 Å². The van der Waals surface area contributed by atoms with Crippen molar-refractivity contribution in [1.29, 1.82) is 0 Å². The number of likely N-dealkylation sites (tertiary alicyclic amines) is 1. The summed E-state index contributed by atoms with van der Waals surface area (Å²) in [6.07, 6.45) is 6.75. The number of hydrogen-bond acceptors (Lipinski definition) is 5. The van der Waals surface area contributed by atoms with E-state index in [9.17, 15) is 14.7 Å². The number of carbonyl (C=O) groups excluding carboxylic acids is 2. The molecule has 0 bridgehead atoms. The van der Waals surface area contributed by atoms with Crippen LogP contribution in [0.5, 0.6) is 5.75 Å². The van der Waals surface area contributed by atoms with Crippen molar-refractivity contribution in [3.05, 3.63) is 88.4 Å². The molecule has 1 fully saturated rings. The molecule has 1 saturated heterocycles. The molecular weight excluding hydrogens is 498 g/mol. The van der Waals surface area contributed by atoms with Crippen LogP contribution in [0.15, 0.2) is 77.3 Å². The molecule has 0 spiro atoms. The van der Waals surface area contributed by atoms with Crippen LogP contribution in [-0.2, 0) is 16.1 Å². The Bertz CT molecular complexity index is 1170. The van der Waals surface area contributed by atoms with Crippen molar-refractivity contribution >= 4 is 33.4 Å². The van der Waals surface area contributed by atoms with Gasteiger partial charge in [0.25, 0.3) is 5.91 Å². The van der Waals surface area contributed by atoms with Gasteiger partial charge in [-0.05, 0) is 48.2 Å². The summed E-state index contributed by atoms with van der Waals surface area (Å²) in [6.45, 7) is 3.60. The lowest BCUT2D eigenvalue weighted by Gasteiger charge is -2.27. The molecule has 8 heteroatoms. The zero-order valence-electron chi connectivity index (χ0n) is 18.8. The Morgan fingerprint density at radius 1 is 1.09 bits per heavy atom. The molecule has 34 heavy (non-hydrogen) atoms. The number of ether oxygens (including phenoxy) is 1. The first-order valence-corrected chi connectivity index (χ1v) is 12.0. The molecular formula is C26H25BrN3O4-. The van der Waals surface area contributed by atoms with E-state index in [4.69, 9.17) is 4.74 Å². The fraction of sp³-hybridized carbons (Fsp3) is 0.269. The number of halogens is 1. The maximum atomic E-state index is 13.4. The highest BCUT2D eigenvalue weighted by molar-refractivity contribution is 9.10. The zero-order chi connectivity index (χ0) is 24.1. The Morgan fingerprint density at radius 2 is 1.82 bits per heavy atom. The van der Waals surface area contributed by atoms with E-state index >= 15 is 0 Å². The van der Waals surface area contributed by atoms with Crippen molar-refractivity contribution < 1.29 is 19.4 Å². The molecule has 1 atom stereocenters. The van der Waals surface area contributed by atoms with Gasteiger partial charge in [-0.3, -0.25) is 9.59 Å². The van der Waals surface area contributed by atoms with Crippen molar-refractivity contribution in [2.75, 3.05) is 13.2 Å². The van der Waals surface area contributed by atoms with E-state index in [2.05, 4.69) is 20.9 Å². The summed E-state index contributed by atoms with van der Waals surface area (Å²) in [5.74, 6) is -1.12.